The lowest BCUT2D eigenvalue weighted by Gasteiger charge is -2.25. The Labute approximate surface area is 142 Å². The number of hydrogen-bond acceptors (Lipinski definition) is 3. The molecule has 0 aromatic heterocycles. The zero-order chi connectivity index (χ0) is 17.3. The third-order valence-corrected chi connectivity index (χ3v) is 4.53. The van der Waals surface area contributed by atoms with Gasteiger partial charge in [0.05, 0.1) is 12.5 Å². The summed E-state index contributed by atoms with van der Waals surface area (Å²) < 4.78 is 5.63. The molecule has 24 heavy (non-hydrogen) atoms. The molecule has 0 radical (unpaired) electrons. The van der Waals surface area contributed by atoms with Crippen LogP contribution in [0.3, 0.4) is 0 Å². The number of nitrogens with one attached hydrogen (secondary N) is 1. The highest BCUT2D eigenvalue weighted by molar-refractivity contribution is 5.97. The molecule has 0 saturated heterocycles. The van der Waals surface area contributed by atoms with Crippen LogP contribution in [-0.2, 0) is 4.79 Å². The summed E-state index contributed by atoms with van der Waals surface area (Å²) in [6.07, 6.45) is 0.664. The summed E-state index contributed by atoms with van der Waals surface area (Å²) in [6, 6.07) is 11.3. The van der Waals surface area contributed by atoms with E-state index in [9.17, 15) is 9.90 Å². The highest BCUT2D eigenvalue weighted by Gasteiger charge is 2.27. The van der Waals surface area contributed by atoms with Gasteiger partial charge < -0.3 is 15.2 Å². The maximum Gasteiger partial charge on any atom is 0.232 e. The van der Waals surface area contributed by atoms with Crippen molar-refractivity contribution in [1.29, 1.82) is 0 Å². The van der Waals surface area contributed by atoms with Gasteiger partial charge >= 0.3 is 0 Å². The van der Waals surface area contributed by atoms with Crippen LogP contribution in [0, 0.1) is 6.92 Å². The number of phenolic OH excluding ortho intramolecular Hbond substituents is 1. The molecule has 2 aromatic rings. The molecule has 1 aliphatic rings. The van der Waals surface area contributed by atoms with Gasteiger partial charge in [0.1, 0.15) is 11.5 Å². The fourth-order valence-electron chi connectivity index (χ4n) is 3.14. The molecule has 0 unspecified atom stereocenters. The van der Waals surface area contributed by atoms with E-state index in [0.29, 0.717) is 13.0 Å². The van der Waals surface area contributed by atoms with Gasteiger partial charge in [0.25, 0.3) is 0 Å². The number of amides is 1. The van der Waals surface area contributed by atoms with Gasteiger partial charge in [-0.05, 0) is 48.6 Å². The number of benzene rings is 2. The van der Waals surface area contributed by atoms with Crippen LogP contribution in [0.1, 0.15) is 48.8 Å². The van der Waals surface area contributed by atoms with Gasteiger partial charge in [0.15, 0.2) is 0 Å². The predicted octanol–water partition coefficient (Wildman–Crippen LogP) is 4.33. The molecule has 4 heteroatoms. The van der Waals surface area contributed by atoms with E-state index in [1.54, 1.807) is 6.07 Å². The van der Waals surface area contributed by atoms with Gasteiger partial charge in [-0.15, -0.1) is 0 Å². The van der Waals surface area contributed by atoms with E-state index >= 15 is 0 Å². The second kappa shape index (κ2) is 6.56. The Morgan fingerprint density at radius 2 is 2.04 bits per heavy atom. The van der Waals surface area contributed by atoms with E-state index in [1.165, 1.54) is 0 Å². The van der Waals surface area contributed by atoms with E-state index in [-0.39, 0.29) is 23.5 Å². The van der Waals surface area contributed by atoms with Crippen molar-refractivity contribution >= 4 is 11.6 Å². The average Bonchev–Trinajstić information content (AvgIpc) is 2.56. The Morgan fingerprint density at radius 1 is 1.29 bits per heavy atom. The van der Waals surface area contributed by atoms with E-state index in [4.69, 9.17) is 4.74 Å². The molecule has 0 bridgehead atoms. The molecule has 2 N–H and O–H groups in total. The first kappa shape index (κ1) is 16.4. The van der Waals surface area contributed by atoms with E-state index in [2.05, 4.69) is 5.32 Å². The number of fused-ring (bicyclic) bond motifs is 1. The van der Waals surface area contributed by atoms with Crippen molar-refractivity contribution in [3.05, 3.63) is 53.1 Å². The fraction of sp³-hybridized carbons (Fsp3) is 0.350. The number of para-hydroxylation sites is 1. The maximum atomic E-state index is 12.8. The van der Waals surface area contributed by atoms with Gasteiger partial charge in [-0.1, -0.05) is 32.0 Å². The largest absolute Gasteiger partial charge is 0.508 e. The van der Waals surface area contributed by atoms with Crippen LogP contribution < -0.4 is 10.1 Å². The van der Waals surface area contributed by atoms with Crippen molar-refractivity contribution in [3.63, 3.8) is 0 Å². The van der Waals surface area contributed by atoms with Gasteiger partial charge in [0, 0.05) is 11.3 Å². The summed E-state index contributed by atoms with van der Waals surface area (Å²) >= 11 is 0. The molecule has 0 fully saturated rings. The van der Waals surface area contributed by atoms with Crippen molar-refractivity contribution in [2.24, 2.45) is 0 Å². The average molecular weight is 325 g/mol. The second-order valence-electron chi connectivity index (χ2n) is 6.60. The summed E-state index contributed by atoms with van der Waals surface area (Å²) in [6.45, 7) is 6.47. The standard InChI is InChI=1S/C20H23NO3/c1-12(2)16-11-17(13(3)10-18(16)22)21-20(23)15-8-9-24-19-7-5-4-6-14(15)19/h4-7,10-12,15,22H,8-9H2,1-3H3,(H,21,23)/t15-/m0/s1. The van der Waals surface area contributed by atoms with Crippen LogP contribution in [0.25, 0.3) is 0 Å². The molecule has 126 valence electrons. The molecule has 4 nitrogen and oxygen atoms in total. The van der Waals surface area contributed by atoms with E-state index in [0.717, 1.165) is 28.1 Å². The maximum absolute atomic E-state index is 12.8. The van der Waals surface area contributed by atoms with Crippen molar-refractivity contribution in [2.45, 2.75) is 39.0 Å². The van der Waals surface area contributed by atoms with Crippen LogP contribution in [0.4, 0.5) is 5.69 Å². The first-order valence-corrected chi connectivity index (χ1v) is 8.33. The van der Waals surface area contributed by atoms with Crippen molar-refractivity contribution < 1.29 is 14.6 Å². The zero-order valence-electron chi connectivity index (χ0n) is 14.3. The Bertz CT molecular complexity index is 767. The number of aryl methyl sites for hydroxylation is 1. The Balaban J connectivity index is 1.87. The summed E-state index contributed by atoms with van der Waals surface area (Å²) in [5.41, 5.74) is 3.38. The number of rotatable bonds is 3. The highest BCUT2D eigenvalue weighted by Crippen LogP contribution is 2.35. The van der Waals surface area contributed by atoms with Crippen LogP contribution in [0.15, 0.2) is 36.4 Å². The highest BCUT2D eigenvalue weighted by atomic mass is 16.5. The molecule has 1 amide bonds. The molecule has 0 saturated carbocycles. The SMILES string of the molecule is Cc1cc(O)c(C(C)C)cc1NC(=O)[C@H]1CCOc2ccccc21. The minimum Gasteiger partial charge on any atom is -0.508 e. The number of hydrogen-bond donors (Lipinski definition) is 2. The molecule has 1 atom stereocenters. The summed E-state index contributed by atoms with van der Waals surface area (Å²) in [5, 5.41) is 13.1. The lowest BCUT2D eigenvalue weighted by atomic mass is 9.92. The molecule has 2 aromatic carbocycles. The lowest BCUT2D eigenvalue weighted by Crippen LogP contribution is -2.26. The molecular weight excluding hydrogens is 302 g/mol. The van der Waals surface area contributed by atoms with Crippen molar-refractivity contribution in [1.82, 2.24) is 0 Å². The number of aromatic hydroxyl groups is 1. The molecule has 3 rings (SSSR count). The Kier molecular flexibility index (Phi) is 4.47. The number of anilines is 1. The van der Waals surface area contributed by atoms with Gasteiger partial charge in [-0.25, -0.2) is 0 Å². The summed E-state index contributed by atoms with van der Waals surface area (Å²) in [5.74, 6) is 0.996. The molecule has 0 spiro atoms. The van der Waals surface area contributed by atoms with Crippen molar-refractivity contribution in [2.75, 3.05) is 11.9 Å². The van der Waals surface area contributed by atoms with Crippen LogP contribution >= 0.6 is 0 Å². The quantitative estimate of drug-likeness (QED) is 0.826. The first-order valence-electron chi connectivity index (χ1n) is 8.33. The normalized spacial score (nSPS) is 16.4. The lowest BCUT2D eigenvalue weighted by molar-refractivity contribution is -0.118. The number of carbonyl (C=O) groups excluding carboxylic acids is 1. The van der Waals surface area contributed by atoms with Crippen LogP contribution in [-0.4, -0.2) is 17.6 Å². The molecule has 1 heterocycles. The third kappa shape index (κ3) is 3.09. The summed E-state index contributed by atoms with van der Waals surface area (Å²) in [7, 11) is 0. The van der Waals surface area contributed by atoms with E-state index in [1.807, 2.05) is 51.1 Å². The van der Waals surface area contributed by atoms with Gasteiger partial charge in [-0.3, -0.25) is 4.79 Å². The number of carbonyl (C=O) groups is 1. The van der Waals surface area contributed by atoms with Gasteiger partial charge in [-0.2, -0.15) is 0 Å². The fourth-order valence-corrected chi connectivity index (χ4v) is 3.14. The van der Waals surface area contributed by atoms with Crippen LogP contribution in [0.5, 0.6) is 11.5 Å². The van der Waals surface area contributed by atoms with Gasteiger partial charge in [0.2, 0.25) is 5.91 Å². The number of ether oxygens (including phenoxy) is 1. The monoisotopic (exact) mass is 325 g/mol. The zero-order valence-corrected chi connectivity index (χ0v) is 14.3. The predicted molar refractivity (Wildman–Crippen MR) is 94.9 cm³/mol. The Morgan fingerprint density at radius 3 is 2.79 bits per heavy atom. The van der Waals surface area contributed by atoms with Crippen molar-refractivity contribution in [3.8, 4) is 11.5 Å². The minimum absolute atomic E-state index is 0.0331. The smallest absolute Gasteiger partial charge is 0.232 e. The molecular formula is C20H23NO3. The first-order chi connectivity index (χ1) is 11.5. The summed E-state index contributed by atoms with van der Waals surface area (Å²) in [4.78, 5) is 12.8. The molecule has 0 aliphatic carbocycles. The van der Waals surface area contributed by atoms with Crippen LogP contribution in [0.2, 0.25) is 0 Å². The second-order valence-corrected chi connectivity index (χ2v) is 6.60. The molecule has 1 aliphatic heterocycles. The Hall–Kier alpha value is -2.49. The third-order valence-electron chi connectivity index (χ3n) is 4.53. The van der Waals surface area contributed by atoms with E-state index < -0.39 is 0 Å². The topological polar surface area (TPSA) is 58.6 Å². The number of phenols is 1. The minimum atomic E-state index is -0.217.